The highest BCUT2D eigenvalue weighted by molar-refractivity contribution is 14.0. The van der Waals surface area contributed by atoms with Gasteiger partial charge in [0, 0.05) is 52.9 Å². The molecule has 9 heteroatoms. The lowest BCUT2D eigenvalue weighted by Crippen LogP contribution is -2.45. The molecule has 0 spiro atoms. The zero-order valence-electron chi connectivity index (χ0n) is 20.8. The molecule has 1 heterocycles. The fourth-order valence-electron chi connectivity index (χ4n) is 3.55. The largest absolute Gasteiger partial charge is 0.444 e. The third-order valence-electron chi connectivity index (χ3n) is 5.33. The van der Waals surface area contributed by atoms with Crippen molar-refractivity contribution < 1.29 is 14.3 Å². The van der Waals surface area contributed by atoms with Crippen LogP contribution < -0.4 is 10.6 Å². The van der Waals surface area contributed by atoms with Gasteiger partial charge in [-0.15, -0.1) is 24.0 Å². The SMILES string of the molecule is CN=C(NCCc1cccc(C(=O)N(C)C)c1)NCC1CCN(C(=O)OC(C)(C)C)CC1.I. The lowest BCUT2D eigenvalue weighted by atomic mass is 9.97. The highest BCUT2D eigenvalue weighted by Gasteiger charge is 2.26. The van der Waals surface area contributed by atoms with Crippen LogP contribution in [0.3, 0.4) is 0 Å². The number of hydrogen-bond acceptors (Lipinski definition) is 4. The summed E-state index contributed by atoms with van der Waals surface area (Å²) >= 11 is 0. The van der Waals surface area contributed by atoms with Gasteiger partial charge in [0.2, 0.25) is 0 Å². The van der Waals surface area contributed by atoms with Crippen LogP contribution in [0.25, 0.3) is 0 Å². The zero-order chi connectivity index (χ0) is 23.7. The van der Waals surface area contributed by atoms with E-state index in [1.54, 1.807) is 30.9 Å². The summed E-state index contributed by atoms with van der Waals surface area (Å²) in [5, 5.41) is 6.74. The van der Waals surface area contributed by atoms with Gasteiger partial charge >= 0.3 is 6.09 Å². The molecular weight excluding hydrogens is 533 g/mol. The minimum Gasteiger partial charge on any atom is -0.444 e. The molecular formula is C24H40IN5O3. The average molecular weight is 574 g/mol. The third kappa shape index (κ3) is 10.2. The number of ether oxygens (including phenoxy) is 1. The first kappa shape index (κ1) is 29.0. The Balaban J connectivity index is 0.00000544. The smallest absolute Gasteiger partial charge is 0.410 e. The van der Waals surface area contributed by atoms with Gasteiger partial charge in [-0.1, -0.05) is 12.1 Å². The van der Waals surface area contributed by atoms with Crippen molar-refractivity contribution in [2.24, 2.45) is 10.9 Å². The Hall–Kier alpha value is -2.04. The van der Waals surface area contributed by atoms with Crippen LogP contribution >= 0.6 is 24.0 Å². The number of guanidine groups is 1. The molecule has 1 aromatic carbocycles. The number of benzene rings is 1. The first-order valence-corrected chi connectivity index (χ1v) is 11.3. The van der Waals surface area contributed by atoms with Crippen LogP contribution in [0.15, 0.2) is 29.3 Å². The maximum atomic E-state index is 12.2. The summed E-state index contributed by atoms with van der Waals surface area (Å²) in [5.41, 5.74) is 1.35. The molecule has 2 amide bonds. The van der Waals surface area contributed by atoms with Crippen molar-refractivity contribution in [1.29, 1.82) is 0 Å². The van der Waals surface area contributed by atoms with Crippen molar-refractivity contribution in [3.63, 3.8) is 0 Å². The normalized spacial score (nSPS) is 14.8. The fourth-order valence-corrected chi connectivity index (χ4v) is 3.55. The van der Waals surface area contributed by atoms with Gasteiger partial charge in [-0.05, 0) is 63.6 Å². The molecule has 0 aliphatic carbocycles. The number of hydrogen-bond donors (Lipinski definition) is 2. The molecule has 33 heavy (non-hydrogen) atoms. The summed E-state index contributed by atoms with van der Waals surface area (Å²) in [4.78, 5) is 32.0. The number of amides is 2. The van der Waals surface area contributed by atoms with E-state index in [4.69, 9.17) is 4.74 Å². The Kier molecular flexibility index (Phi) is 12.0. The van der Waals surface area contributed by atoms with Gasteiger partial charge in [0.25, 0.3) is 5.91 Å². The summed E-state index contributed by atoms with van der Waals surface area (Å²) in [6.07, 6.45) is 2.45. The summed E-state index contributed by atoms with van der Waals surface area (Å²) in [5.74, 6) is 1.26. The van der Waals surface area contributed by atoms with Crippen LogP contribution in [-0.4, -0.2) is 80.7 Å². The molecule has 2 rings (SSSR count). The van der Waals surface area contributed by atoms with Gasteiger partial charge in [-0.25, -0.2) is 4.79 Å². The number of carbonyl (C=O) groups is 2. The van der Waals surface area contributed by atoms with E-state index in [9.17, 15) is 9.59 Å². The maximum absolute atomic E-state index is 12.2. The predicted molar refractivity (Wildman–Crippen MR) is 143 cm³/mol. The van der Waals surface area contributed by atoms with E-state index in [1.807, 2.05) is 45.0 Å². The van der Waals surface area contributed by atoms with Crippen molar-refractivity contribution >= 4 is 41.9 Å². The number of halogens is 1. The molecule has 0 radical (unpaired) electrons. The molecule has 1 aliphatic rings. The minimum absolute atomic E-state index is 0. The van der Waals surface area contributed by atoms with Crippen LogP contribution in [0, 0.1) is 5.92 Å². The number of nitrogens with zero attached hydrogens (tertiary/aromatic N) is 3. The van der Waals surface area contributed by atoms with Gasteiger partial charge < -0.3 is 25.2 Å². The highest BCUT2D eigenvalue weighted by Crippen LogP contribution is 2.19. The van der Waals surface area contributed by atoms with Crippen LogP contribution in [-0.2, 0) is 11.2 Å². The second-order valence-electron chi connectivity index (χ2n) is 9.44. The predicted octanol–water partition coefficient (Wildman–Crippen LogP) is 3.36. The highest BCUT2D eigenvalue weighted by atomic mass is 127. The molecule has 1 saturated heterocycles. The molecule has 0 aromatic heterocycles. The molecule has 1 fully saturated rings. The van der Waals surface area contributed by atoms with Crippen LogP contribution in [0.2, 0.25) is 0 Å². The molecule has 1 aliphatic heterocycles. The van der Waals surface area contributed by atoms with Crippen LogP contribution in [0.5, 0.6) is 0 Å². The summed E-state index contributed by atoms with van der Waals surface area (Å²) in [7, 11) is 5.28. The number of rotatable bonds is 6. The Morgan fingerprint density at radius 2 is 1.85 bits per heavy atom. The lowest BCUT2D eigenvalue weighted by molar-refractivity contribution is 0.0185. The molecule has 186 valence electrons. The average Bonchev–Trinajstić information content (AvgIpc) is 2.74. The van der Waals surface area contributed by atoms with E-state index in [0.717, 1.165) is 57.0 Å². The van der Waals surface area contributed by atoms with Crippen LogP contribution in [0.4, 0.5) is 4.79 Å². The van der Waals surface area contributed by atoms with Crippen molar-refractivity contribution in [1.82, 2.24) is 20.4 Å². The van der Waals surface area contributed by atoms with E-state index in [0.29, 0.717) is 11.5 Å². The third-order valence-corrected chi connectivity index (χ3v) is 5.33. The summed E-state index contributed by atoms with van der Waals surface area (Å²) in [6, 6.07) is 7.73. The van der Waals surface area contributed by atoms with Crippen LogP contribution in [0.1, 0.15) is 49.5 Å². The van der Waals surface area contributed by atoms with Gasteiger partial charge in [0.05, 0.1) is 0 Å². The number of piperidine rings is 1. The molecule has 1 aromatic rings. The fraction of sp³-hybridized carbons (Fsp3) is 0.625. The summed E-state index contributed by atoms with van der Waals surface area (Å²) in [6.45, 7) is 8.64. The second kappa shape index (κ2) is 13.6. The molecule has 0 saturated carbocycles. The number of carbonyl (C=O) groups excluding carboxylic acids is 2. The van der Waals surface area contributed by atoms with Crippen molar-refractivity contribution in [3.05, 3.63) is 35.4 Å². The maximum Gasteiger partial charge on any atom is 0.410 e. The van der Waals surface area contributed by atoms with Crippen molar-refractivity contribution in [3.8, 4) is 0 Å². The van der Waals surface area contributed by atoms with Gasteiger partial charge in [0.15, 0.2) is 5.96 Å². The van der Waals surface area contributed by atoms with Gasteiger partial charge in [-0.3, -0.25) is 9.79 Å². The van der Waals surface area contributed by atoms with Crippen molar-refractivity contribution in [2.75, 3.05) is 47.3 Å². The molecule has 0 unspecified atom stereocenters. The standard InChI is InChI=1S/C24H39N5O3.HI/c1-24(2,3)32-23(31)29-14-11-19(12-15-29)17-27-22(25-4)26-13-10-18-8-7-9-20(16-18)21(30)28(5)6;/h7-9,16,19H,10-15,17H2,1-6H3,(H2,25,26,27);1H. The van der Waals surface area contributed by atoms with Crippen molar-refractivity contribution in [2.45, 2.75) is 45.6 Å². The van der Waals surface area contributed by atoms with Gasteiger partial charge in [-0.2, -0.15) is 0 Å². The van der Waals surface area contributed by atoms with E-state index >= 15 is 0 Å². The van der Waals surface area contributed by atoms with Gasteiger partial charge in [0.1, 0.15) is 5.60 Å². The summed E-state index contributed by atoms with van der Waals surface area (Å²) < 4.78 is 5.46. The molecule has 2 N–H and O–H groups in total. The molecule has 8 nitrogen and oxygen atoms in total. The first-order valence-electron chi connectivity index (χ1n) is 11.3. The van der Waals surface area contributed by atoms with E-state index in [-0.39, 0.29) is 36.0 Å². The number of likely N-dealkylation sites (tertiary alicyclic amines) is 1. The Labute approximate surface area is 215 Å². The Morgan fingerprint density at radius 1 is 1.18 bits per heavy atom. The minimum atomic E-state index is -0.461. The van der Waals surface area contributed by atoms with E-state index in [1.165, 1.54) is 0 Å². The molecule has 0 bridgehead atoms. The van der Waals surface area contributed by atoms with E-state index in [2.05, 4.69) is 15.6 Å². The quantitative estimate of drug-likeness (QED) is 0.310. The first-order chi connectivity index (χ1) is 15.1. The monoisotopic (exact) mass is 573 g/mol. The van der Waals surface area contributed by atoms with E-state index < -0.39 is 5.60 Å². The Morgan fingerprint density at radius 3 is 2.42 bits per heavy atom. The topological polar surface area (TPSA) is 86.3 Å². The molecule has 0 atom stereocenters. The Bertz CT molecular complexity index is 800. The number of aliphatic imine (C=N–C) groups is 1. The zero-order valence-corrected chi connectivity index (χ0v) is 23.1. The lowest BCUT2D eigenvalue weighted by Gasteiger charge is -2.33. The number of nitrogens with one attached hydrogen (secondary N) is 2. The second-order valence-corrected chi connectivity index (χ2v) is 9.44.